The molecule has 0 aliphatic heterocycles. The van der Waals surface area contributed by atoms with Crippen molar-refractivity contribution in [3.63, 3.8) is 0 Å². The summed E-state index contributed by atoms with van der Waals surface area (Å²) in [5.74, 6) is -0.0600. The highest BCUT2D eigenvalue weighted by atomic mass is 32.1. The van der Waals surface area contributed by atoms with Gasteiger partial charge in [-0.25, -0.2) is 15.0 Å². The van der Waals surface area contributed by atoms with Crippen LogP contribution in [0.5, 0.6) is 0 Å². The molecule has 19 heavy (non-hydrogen) atoms. The molecule has 1 N–H and O–H groups in total. The van der Waals surface area contributed by atoms with Crippen molar-refractivity contribution in [2.45, 2.75) is 26.1 Å². The molecule has 1 atom stereocenters. The molecule has 102 valence electrons. The van der Waals surface area contributed by atoms with Gasteiger partial charge in [-0.15, -0.1) is 11.3 Å². The second kappa shape index (κ2) is 5.12. The molecule has 0 fully saturated rings. The highest BCUT2D eigenvalue weighted by Crippen LogP contribution is 2.28. The largest absolute Gasteiger partial charge is 0.433 e. The SMILES string of the molecule is Cc1cnc(C(C)Nc2nccc(C(F)(F)F)n2)s1. The smallest absolute Gasteiger partial charge is 0.345 e. The number of halogens is 3. The topological polar surface area (TPSA) is 50.7 Å². The van der Waals surface area contributed by atoms with Crippen LogP contribution in [0, 0.1) is 6.92 Å². The van der Waals surface area contributed by atoms with E-state index in [2.05, 4.69) is 20.3 Å². The van der Waals surface area contributed by atoms with Gasteiger partial charge in [0.15, 0.2) is 0 Å². The number of rotatable bonds is 3. The minimum atomic E-state index is -4.47. The average molecular weight is 288 g/mol. The molecule has 2 aromatic heterocycles. The van der Waals surface area contributed by atoms with Gasteiger partial charge in [0.05, 0.1) is 6.04 Å². The average Bonchev–Trinajstić information content (AvgIpc) is 2.75. The summed E-state index contributed by atoms with van der Waals surface area (Å²) < 4.78 is 37.5. The van der Waals surface area contributed by atoms with Gasteiger partial charge in [-0.3, -0.25) is 0 Å². The van der Waals surface area contributed by atoms with Crippen LogP contribution in [0.15, 0.2) is 18.5 Å². The molecule has 0 radical (unpaired) electrons. The summed E-state index contributed by atoms with van der Waals surface area (Å²) in [5.41, 5.74) is -0.965. The number of nitrogens with one attached hydrogen (secondary N) is 1. The molecule has 4 nitrogen and oxygen atoms in total. The summed E-state index contributed by atoms with van der Waals surface area (Å²) in [6.45, 7) is 3.70. The molecule has 0 aromatic carbocycles. The standard InChI is InChI=1S/C11H11F3N4S/c1-6-5-16-9(19-6)7(2)17-10-15-4-3-8(18-10)11(12,13)14/h3-5,7H,1-2H3,(H,15,17,18). The molecule has 0 amide bonds. The van der Waals surface area contributed by atoms with Crippen molar-refractivity contribution in [2.24, 2.45) is 0 Å². The predicted octanol–water partition coefficient (Wildman–Crippen LogP) is 3.43. The Bertz CT molecular complexity index is 567. The fourth-order valence-corrected chi connectivity index (χ4v) is 2.19. The number of anilines is 1. The Kier molecular flexibility index (Phi) is 3.70. The van der Waals surface area contributed by atoms with E-state index in [1.807, 2.05) is 6.92 Å². The first-order valence-corrected chi connectivity index (χ1v) is 6.27. The van der Waals surface area contributed by atoms with Crippen LogP contribution in [0.1, 0.15) is 28.5 Å². The van der Waals surface area contributed by atoms with E-state index in [1.165, 1.54) is 11.3 Å². The van der Waals surface area contributed by atoms with Crippen LogP contribution in [-0.4, -0.2) is 15.0 Å². The predicted molar refractivity (Wildman–Crippen MR) is 65.9 cm³/mol. The van der Waals surface area contributed by atoms with Gasteiger partial charge in [-0.1, -0.05) is 0 Å². The van der Waals surface area contributed by atoms with Crippen molar-refractivity contribution in [2.75, 3.05) is 5.32 Å². The van der Waals surface area contributed by atoms with Crippen LogP contribution in [0.4, 0.5) is 19.1 Å². The summed E-state index contributed by atoms with van der Waals surface area (Å²) >= 11 is 1.47. The maximum Gasteiger partial charge on any atom is 0.433 e. The third kappa shape index (κ3) is 3.40. The number of hydrogen-bond acceptors (Lipinski definition) is 5. The van der Waals surface area contributed by atoms with Gasteiger partial charge in [0, 0.05) is 17.3 Å². The fourth-order valence-electron chi connectivity index (χ4n) is 1.41. The second-order valence-electron chi connectivity index (χ2n) is 3.94. The number of thiazole rings is 1. The zero-order valence-corrected chi connectivity index (χ0v) is 11.0. The lowest BCUT2D eigenvalue weighted by molar-refractivity contribution is -0.141. The van der Waals surface area contributed by atoms with Crippen LogP contribution >= 0.6 is 11.3 Å². The van der Waals surface area contributed by atoms with Crippen molar-refractivity contribution >= 4 is 17.3 Å². The summed E-state index contributed by atoms with van der Waals surface area (Å²) in [5, 5.41) is 3.59. The quantitative estimate of drug-likeness (QED) is 0.940. The van der Waals surface area contributed by atoms with Gasteiger partial charge in [-0.05, 0) is 19.9 Å². The molecule has 8 heteroatoms. The molecule has 0 saturated heterocycles. The maximum atomic E-state index is 12.5. The Morgan fingerprint density at radius 2 is 2.05 bits per heavy atom. The highest BCUT2D eigenvalue weighted by Gasteiger charge is 2.32. The summed E-state index contributed by atoms with van der Waals surface area (Å²) in [6, 6.07) is 0.589. The van der Waals surface area contributed by atoms with Crippen LogP contribution in [0.25, 0.3) is 0 Å². The minimum Gasteiger partial charge on any atom is -0.345 e. The van der Waals surface area contributed by atoms with E-state index in [0.717, 1.165) is 22.1 Å². The number of nitrogens with zero attached hydrogens (tertiary/aromatic N) is 3. The van der Waals surface area contributed by atoms with Gasteiger partial charge in [0.2, 0.25) is 5.95 Å². The molecular weight excluding hydrogens is 277 g/mol. The molecular formula is C11H11F3N4S. The maximum absolute atomic E-state index is 12.5. The first-order chi connectivity index (χ1) is 8.86. The fraction of sp³-hybridized carbons (Fsp3) is 0.364. The van der Waals surface area contributed by atoms with E-state index in [9.17, 15) is 13.2 Å². The van der Waals surface area contributed by atoms with Gasteiger partial charge in [0.1, 0.15) is 10.7 Å². The minimum absolute atomic E-state index is 0.0600. The highest BCUT2D eigenvalue weighted by molar-refractivity contribution is 7.11. The van der Waals surface area contributed by atoms with Gasteiger partial charge in [0.25, 0.3) is 0 Å². The van der Waals surface area contributed by atoms with E-state index in [1.54, 1.807) is 13.1 Å². The molecule has 0 aliphatic rings. The second-order valence-corrected chi connectivity index (χ2v) is 5.20. The number of alkyl halides is 3. The molecule has 0 saturated carbocycles. The zero-order valence-electron chi connectivity index (χ0n) is 10.2. The van der Waals surface area contributed by atoms with Crippen LogP contribution < -0.4 is 5.32 Å². The van der Waals surface area contributed by atoms with Gasteiger partial charge in [-0.2, -0.15) is 13.2 Å². The first kappa shape index (κ1) is 13.7. The van der Waals surface area contributed by atoms with Crippen molar-refractivity contribution in [1.82, 2.24) is 15.0 Å². The Balaban J connectivity index is 2.15. The molecule has 0 aliphatic carbocycles. The lowest BCUT2D eigenvalue weighted by Gasteiger charge is -2.12. The molecule has 2 aromatic rings. The number of hydrogen-bond donors (Lipinski definition) is 1. The zero-order chi connectivity index (χ0) is 14.0. The molecule has 2 heterocycles. The Morgan fingerprint density at radius 1 is 1.32 bits per heavy atom. The number of aromatic nitrogens is 3. The normalized spacial score (nSPS) is 13.3. The van der Waals surface area contributed by atoms with Gasteiger partial charge < -0.3 is 5.32 Å². The molecule has 0 bridgehead atoms. The van der Waals surface area contributed by atoms with E-state index in [0.29, 0.717) is 0 Å². The van der Waals surface area contributed by atoms with E-state index >= 15 is 0 Å². The lowest BCUT2D eigenvalue weighted by Crippen LogP contribution is -2.13. The Morgan fingerprint density at radius 3 is 2.63 bits per heavy atom. The first-order valence-electron chi connectivity index (χ1n) is 5.45. The van der Waals surface area contributed by atoms with Crippen molar-refractivity contribution in [1.29, 1.82) is 0 Å². The van der Waals surface area contributed by atoms with Crippen molar-refractivity contribution < 1.29 is 13.2 Å². The summed E-state index contributed by atoms with van der Waals surface area (Å²) in [6.07, 6.45) is -1.68. The van der Waals surface area contributed by atoms with Crippen LogP contribution in [0.3, 0.4) is 0 Å². The molecule has 0 spiro atoms. The summed E-state index contributed by atoms with van der Waals surface area (Å²) in [4.78, 5) is 12.4. The Labute approximate surface area is 111 Å². The van der Waals surface area contributed by atoms with Crippen molar-refractivity contribution in [3.05, 3.63) is 34.0 Å². The van der Waals surface area contributed by atoms with E-state index in [4.69, 9.17) is 0 Å². The van der Waals surface area contributed by atoms with Crippen LogP contribution in [-0.2, 0) is 6.18 Å². The van der Waals surface area contributed by atoms with E-state index in [-0.39, 0.29) is 12.0 Å². The molecule has 2 rings (SSSR count). The lowest BCUT2D eigenvalue weighted by atomic mass is 10.3. The third-order valence-corrected chi connectivity index (χ3v) is 3.40. The Hall–Kier alpha value is -1.70. The van der Waals surface area contributed by atoms with Gasteiger partial charge >= 0.3 is 6.18 Å². The van der Waals surface area contributed by atoms with E-state index < -0.39 is 11.9 Å². The van der Waals surface area contributed by atoms with Crippen molar-refractivity contribution in [3.8, 4) is 0 Å². The summed E-state index contributed by atoms with van der Waals surface area (Å²) in [7, 11) is 0. The third-order valence-electron chi connectivity index (χ3n) is 2.30. The molecule has 1 unspecified atom stereocenters. The van der Waals surface area contributed by atoms with Crippen LogP contribution in [0.2, 0.25) is 0 Å². The number of aryl methyl sites for hydroxylation is 1. The monoisotopic (exact) mass is 288 g/mol.